The Morgan fingerprint density at radius 1 is 1.13 bits per heavy atom. The van der Waals surface area contributed by atoms with Crippen molar-refractivity contribution in [3.8, 4) is 5.75 Å². The van der Waals surface area contributed by atoms with Crippen LogP contribution < -0.4 is 20.8 Å². The number of rotatable bonds is 9. The Bertz CT molecular complexity index is 1120. The first kappa shape index (κ1) is 22.1. The van der Waals surface area contributed by atoms with E-state index in [0.717, 1.165) is 29.4 Å². The van der Waals surface area contributed by atoms with Crippen molar-refractivity contribution in [1.29, 1.82) is 0 Å². The van der Waals surface area contributed by atoms with Crippen LogP contribution in [0.2, 0.25) is 0 Å². The van der Waals surface area contributed by atoms with Crippen LogP contribution in [0.5, 0.6) is 5.75 Å². The summed E-state index contributed by atoms with van der Waals surface area (Å²) in [6, 6.07) is 14.3. The number of carboxylic acid groups (broad SMARTS) is 1. The molecular weight excluding hydrogens is 398 g/mol. The molecule has 7 nitrogen and oxygen atoms in total. The Kier molecular flexibility index (Phi) is 7.07. The van der Waals surface area contributed by atoms with Crippen molar-refractivity contribution in [1.82, 2.24) is 5.32 Å². The molecule has 2 atom stereocenters. The van der Waals surface area contributed by atoms with Crippen molar-refractivity contribution >= 4 is 22.8 Å². The number of benzene rings is 2. The van der Waals surface area contributed by atoms with Gasteiger partial charge in [-0.05, 0) is 43.0 Å². The predicted octanol–water partition coefficient (Wildman–Crippen LogP) is 1.99. The van der Waals surface area contributed by atoms with Gasteiger partial charge in [0.25, 0.3) is 5.91 Å². The molecule has 0 bridgehead atoms. The maximum Gasteiger partial charge on any atom is 0.336 e. The van der Waals surface area contributed by atoms with Crippen LogP contribution in [0, 0.1) is 0 Å². The molecule has 0 radical (unpaired) electrons. The fourth-order valence-electron chi connectivity index (χ4n) is 3.35. The molecule has 0 saturated heterocycles. The molecule has 0 spiro atoms. The normalized spacial score (nSPS) is 12.8. The molecule has 0 aliphatic rings. The minimum absolute atomic E-state index is 0.100. The SMILES string of the molecule is CCCc1cc(=O)oc2cc(O[C@H](C)C(=O)N[C@@H](Cc3ccccc3)C(=O)[O-])ccc12. The summed E-state index contributed by atoms with van der Waals surface area (Å²) >= 11 is 0. The van der Waals surface area contributed by atoms with Crippen molar-refractivity contribution < 1.29 is 23.8 Å². The molecule has 162 valence electrons. The number of fused-ring (bicyclic) bond motifs is 1. The van der Waals surface area contributed by atoms with E-state index in [9.17, 15) is 19.5 Å². The summed E-state index contributed by atoms with van der Waals surface area (Å²) in [7, 11) is 0. The van der Waals surface area contributed by atoms with E-state index in [1.54, 1.807) is 42.5 Å². The van der Waals surface area contributed by atoms with Gasteiger partial charge >= 0.3 is 5.63 Å². The molecule has 0 fully saturated rings. The highest BCUT2D eigenvalue weighted by Crippen LogP contribution is 2.24. The highest BCUT2D eigenvalue weighted by atomic mass is 16.5. The average Bonchev–Trinajstić information content (AvgIpc) is 2.73. The Morgan fingerprint density at radius 3 is 2.55 bits per heavy atom. The molecule has 0 aliphatic carbocycles. The first-order chi connectivity index (χ1) is 14.9. The number of hydrogen-bond acceptors (Lipinski definition) is 6. The third-order valence-corrected chi connectivity index (χ3v) is 4.89. The first-order valence-corrected chi connectivity index (χ1v) is 10.2. The smallest absolute Gasteiger partial charge is 0.336 e. The van der Waals surface area contributed by atoms with Crippen molar-refractivity contribution in [3.63, 3.8) is 0 Å². The highest BCUT2D eigenvalue weighted by molar-refractivity contribution is 5.86. The van der Waals surface area contributed by atoms with Gasteiger partial charge in [-0.2, -0.15) is 0 Å². The van der Waals surface area contributed by atoms with Gasteiger partial charge in [0.15, 0.2) is 6.10 Å². The summed E-state index contributed by atoms with van der Waals surface area (Å²) in [6.07, 6.45) is 0.757. The van der Waals surface area contributed by atoms with E-state index < -0.39 is 29.6 Å². The Labute approximate surface area is 179 Å². The van der Waals surface area contributed by atoms with E-state index in [1.165, 1.54) is 13.0 Å². The fraction of sp³-hybridized carbons (Fsp3) is 0.292. The summed E-state index contributed by atoms with van der Waals surface area (Å²) in [6.45, 7) is 3.54. The van der Waals surface area contributed by atoms with E-state index in [4.69, 9.17) is 9.15 Å². The molecule has 31 heavy (non-hydrogen) atoms. The van der Waals surface area contributed by atoms with Gasteiger partial charge in [0.05, 0.1) is 12.0 Å². The van der Waals surface area contributed by atoms with Gasteiger partial charge in [0, 0.05) is 17.5 Å². The number of hydrogen-bond donors (Lipinski definition) is 1. The Morgan fingerprint density at radius 2 is 1.87 bits per heavy atom. The molecule has 3 rings (SSSR count). The summed E-state index contributed by atoms with van der Waals surface area (Å²) in [5, 5.41) is 14.7. The molecule has 1 N–H and O–H groups in total. The molecule has 0 unspecified atom stereocenters. The second-order valence-corrected chi connectivity index (χ2v) is 7.33. The molecule has 7 heteroatoms. The topological polar surface area (TPSA) is 109 Å². The van der Waals surface area contributed by atoms with Crippen LogP contribution in [0.15, 0.2) is 63.8 Å². The first-order valence-electron chi connectivity index (χ1n) is 10.2. The van der Waals surface area contributed by atoms with Crippen molar-refractivity contribution in [2.24, 2.45) is 0 Å². The summed E-state index contributed by atoms with van der Waals surface area (Å²) in [5.41, 5.74) is 1.58. The predicted molar refractivity (Wildman–Crippen MR) is 114 cm³/mol. The van der Waals surface area contributed by atoms with Crippen molar-refractivity contribution in [2.75, 3.05) is 0 Å². The quantitative estimate of drug-likeness (QED) is 0.528. The molecule has 1 aromatic heterocycles. The standard InChI is InChI=1S/C24H25NO6/c1-3-7-17-13-22(26)31-21-14-18(10-11-19(17)21)30-15(2)23(27)25-20(24(28)29)12-16-8-5-4-6-9-16/h4-6,8-11,13-15,20H,3,7,12H2,1-2H3,(H,25,27)(H,28,29)/p-1/t15-,20+/m1/s1. The zero-order chi connectivity index (χ0) is 22.4. The van der Waals surface area contributed by atoms with E-state index in [0.29, 0.717) is 11.3 Å². The van der Waals surface area contributed by atoms with Crippen molar-refractivity contribution in [2.45, 2.75) is 45.3 Å². The number of carbonyl (C=O) groups excluding carboxylic acids is 2. The summed E-state index contributed by atoms with van der Waals surface area (Å²) in [4.78, 5) is 35.8. The molecule has 2 aromatic carbocycles. The van der Waals surface area contributed by atoms with Crippen LogP contribution >= 0.6 is 0 Å². The Hall–Kier alpha value is -3.61. The average molecular weight is 422 g/mol. The second kappa shape index (κ2) is 9.93. The van der Waals surface area contributed by atoms with Crippen molar-refractivity contribution in [3.05, 3.63) is 76.1 Å². The lowest BCUT2D eigenvalue weighted by Gasteiger charge is -2.22. The van der Waals surface area contributed by atoms with E-state index in [-0.39, 0.29) is 6.42 Å². The maximum absolute atomic E-state index is 12.5. The van der Waals surface area contributed by atoms with Crippen LogP contribution in [0.25, 0.3) is 11.0 Å². The fourth-order valence-corrected chi connectivity index (χ4v) is 3.35. The van der Waals surface area contributed by atoms with E-state index >= 15 is 0 Å². The van der Waals surface area contributed by atoms with Gasteiger partial charge in [-0.25, -0.2) is 4.79 Å². The lowest BCUT2D eigenvalue weighted by Crippen LogP contribution is -2.52. The number of carboxylic acids is 1. The molecule has 1 heterocycles. The molecule has 3 aromatic rings. The summed E-state index contributed by atoms with van der Waals surface area (Å²) in [5.74, 6) is -1.63. The van der Waals surface area contributed by atoms with E-state index in [1.807, 2.05) is 13.0 Å². The third-order valence-electron chi connectivity index (χ3n) is 4.89. The number of ether oxygens (including phenoxy) is 1. The lowest BCUT2D eigenvalue weighted by molar-refractivity contribution is -0.308. The third kappa shape index (κ3) is 5.72. The minimum atomic E-state index is -1.37. The number of aryl methyl sites for hydroxylation is 1. The maximum atomic E-state index is 12.5. The van der Waals surface area contributed by atoms with Gasteiger partial charge in [0.1, 0.15) is 11.3 Å². The zero-order valence-corrected chi connectivity index (χ0v) is 17.4. The minimum Gasteiger partial charge on any atom is -0.548 e. The van der Waals surface area contributed by atoms with Crippen LogP contribution in [0.3, 0.4) is 0 Å². The van der Waals surface area contributed by atoms with Crippen LogP contribution in [0.4, 0.5) is 0 Å². The molecule has 0 aliphatic heterocycles. The molecular formula is C24H24NO6-. The van der Waals surface area contributed by atoms with Crippen LogP contribution in [-0.4, -0.2) is 24.0 Å². The van der Waals surface area contributed by atoms with Gasteiger partial charge in [0.2, 0.25) is 0 Å². The van der Waals surface area contributed by atoms with Gasteiger partial charge in [-0.3, -0.25) is 4.79 Å². The second-order valence-electron chi connectivity index (χ2n) is 7.33. The van der Waals surface area contributed by atoms with E-state index in [2.05, 4.69) is 5.32 Å². The highest BCUT2D eigenvalue weighted by Gasteiger charge is 2.20. The van der Waals surface area contributed by atoms with Gasteiger partial charge in [-0.1, -0.05) is 43.7 Å². The number of amides is 1. The van der Waals surface area contributed by atoms with Gasteiger partial charge in [-0.15, -0.1) is 0 Å². The largest absolute Gasteiger partial charge is 0.548 e. The molecule has 0 saturated carbocycles. The zero-order valence-electron chi connectivity index (χ0n) is 17.4. The summed E-state index contributed by atoms with van der Waals surface area (Å²) < 4.78 is 10.9. The number of aliphatic carboxylic acids is 1. The molecule has 1 amide bonds. The van der Waals surface area contributed by atoms with Crippen LogP contribution in [-0.2, 0) is 22.4 Å². The number of nitrogens with one attached hydrogen (secondary N) is 1. The lowest BCUT2D eigenvalue weighted by atomic mass is 10.1. The van der Waals surface area contributed by atoms with Crippen LogP contribution in [0.1, 0.15) is 31.4 Å². The van der Waals surface area contributed by atoms with Gasteiger partial charge < -0.3 is 24.4 Å². The monoisotopic (exact) mass is 422 g/mol. The Balaban J connectivity index is 1.71. The number of carbonyl (C=O) groups is 2.